The first-order valence-electron chi connectivity index (χ1n) is 9.91. The van der Waals surface area contributed by atoms with Gasteiger partial charge in [-0.3, -0.25) is 4.99 Å². The molecular weight excluding hydrogens is 493 g/mol. The van der Waals surface area contributed by atoms with Gasteiger partial charge in [-0.2, -0.15) is 4.31 Å². The number of guanidine groups is 1. The highest BCUT2D eigenvalue weighted by Gasteiger charge is 2.29. The first-order valence-corrected chi connectivity index (χ1v) is 11.5. The van der Waals surface area contributed by atoms with Gasteiger partial charge in [-0.1, -0.05) is 37.3 Å². The first-order chi connectivity index (χ1) is 13.1. The fourth-order valence-corrected chi connectivity index (χ4v) is 5.39. The number of piperazine rings is 1. The van der Waals surface area contributed by atoms with E-state index >= 15 is 0 Å². The highest BCUT2D eigenvalue weighted by Crippen LogP contribution is 2.25. The van der Waals surface area contributed by atoms with Crippen LogP contribution in [0.5, 0.6) is 0 Å². The molecule has 28 heavy (non-hydrogen) atoms. The third-order valence-corrected chi connectivity index (χ3v) is 7.34. The smallest absolute Gasteiger partial charge is 0.220 e. The summed E-state index contributed by atoms with van der Waals surface area (Å²) in [7, 11) is -1.58. The van der Waals surface area contributed by atoms with E-state index in [4.69, 9.17) is 4.52 Å². The van der Waals surface area contributed by atoms with Crippen molar-refractivity contribution in [1.82, 2.24) is 19.7 Å². The van der Waals surface area contributed by atoms with E-state index in [-0.39, 0.29) is 29.7 Å². The van der Waals surface area contributed by atoms with Gasteiger partial charge in [0.2, 0.25) is 10.0 Å². The summed E-state index contributed by atoms with van der Waals surface area (Å²) in [5.74, 6) is 1.60. The highest BCUT2D eigenvalue weighted by atomic mass is 127. The van der Waals surface area contributed by atoms with Crippen molar-refractivity contribution in [2.24, 2.45) is 10.9 Å². The van der Waals surface area contributed by atoms with Crippen molar-refractivity contribution in [3.63, 3.8) is 0 Å². The minimum atomic E-state index is -3.37. The van der Waals surface area contributed by atoms with Gasteiger partial charge in [-0.05, 0) is 12.3 Å². The van der Waals surface area contributed by atoms with Crippen molar-refractivity contribution >= 4 is 40.0 Å². The number of aromatic nitrogens is 1. The van der Waals surface area contributed by atoms with Gasteiger partial charge >= 0.3 is 0 Å². The van der Waals surface area contributed by atoms with Crippen molar-refractivity contribution < 1.29 is 12.9 Å². The van der Waals surface area contributed by atoms with Gasteiger partial charge in [0, 0.05) is 45.8 Å². The van der Waals surface area contributed by atoms with Gasteiger partial charge in [-0.15, -0.1) is 24.0 Å². The molecule has 0 radical (unpaired) electrons. The van der Waals surface area contributed by atoms with Crippen molar-refractivity contribution in [3.05, 3.63) is 18.0 Å². The lowest BCUT2D eigenvalue weighted by Crippen LogP contribution is -2.54. The normalized spacial score (nSPS) is 20.0. The zero-order valence-corrected chi connectivity index (χ0v) is 19.7. The number of nitrogens with zero attached hydrogens (tertiary/aromatic N) is 4. The Bertz CT molecular complexity index is 697. The molecule has 3 rings (SSSR count). The second-order valence-electron chi connectivity index (χ2n) is 7.40. The molecule has 1 aliphatic carbocycles. The van der Waals surface area contributed by atoms with Crippen LogP contribution in [0.15, 0.2) is 21.8 Å². The molecule has 1 aliphatic heterocycles. The molecule has 1 aromatic heterocycles. The predicted octanol–water partition coefficient (Wildman–Crippen LogP) is 2.29. The Morgan fingerprint density at radius 2 is 1.96 bits per heavy atom. The zero-order chi connectivity index (χ0) is 19.1. The number of rotatable bonds is 6. The number of aliphatic imine (C=N–C) groups is 1. The molecule has 0 amide bonds. The lowest BCUT2D eigenvalue weighted by Gasteiger charge is -2.36. The molecule has 2 heterocycles. The highest BCUT2D eigenvalue weighted by molar-refractivity contribution is 14.0. The molecule has 10 heteroatoms. The van der Waals surface area contributed by atoms with Crippen LogP contribution in [0.3, 0.4) is 0 Å². The Labute approximate surface area is 185 Å². The van der Waals surface area contributed by atoms with Crippen LogP contribution in [0, 0.1) is 5.92 Å². The molecule has 0 spiro atoms. The Hall–Kier alpha value is -0.880. The van der Waals surface area contributed by atoms with Crippen molar-refractivity contribution in [1.29, 1.82) is 0 Å². The molecule has 0 atom stereocenters. The standard InChI is InChI=1S/C18H31N5O3S.HI/c1-19-18(20-9-7-16-5-3-2-4-6-16)22-10-12-23(13-11-22)27(24,25)15-17-8-14-26-21-17;/h8,14,16H,2-7,9-13,15H2,1H3,(H,19,20);1H. The van der Waals surface area contributed by atoms with E-state index in [0.717, 1.165) is 18.4 Å². The summed E-state index contributed by atoms with van der Waals surface area (Å²) in [5, 5.41) is 7.17. The average molecular weight is 525 g/mol. The van der Waals surface area contributed by atoms with Crippen molar-refractivity contribution in [2.45, 2.75) is 44.3 Å². The number of sulfonamides is 1. The predicted molar refractivity (Wildman–Crippen MR) is 120 cm³/mol. The number of nitrogens with one attached hydrogen (secondary N) is 1. The lowest BCUT2D eigenvalue weighted by atomic mass is 9.87. The minimum Gasteiger partial charge on any atom is -0.364 e. The van der Waals surface area contributed by atoms with Crippen LogP contribution < -0.4 is 5.32 Å². The van der Waals surface area contributed by atoms with E-state index in [2.05, 4.69) is 20.4 Å². The topological polar surface area (TPSA) is 91.0 Å². The molecule has 160 valence electrons. The SMILES string of the molecule is CN=C(NCCC1CCCCC1)N1CCN(S(=O)(=O)Cc2ccon2)CC1.I. The third-order valence-electron chi connectivity index (χ3n) is 5.53. The van der Waals surface area contributed by atoms with E-state index in [1.165, 1.54) is 49.1 Å². The first kappa shape index (κ1) is 23.4. The van der Waals surface area contributed by atoms with Gasteiger partial charge in [0.15, 0.2) is 5.96 Å². The van der Waals surface area contributed by atoms with Crippen LogP contribution in [0.2, 0.25) is 0 Å². The van der Waals surface area contributed by atoms with E-state index in [9.17, 15) is 8.42 Å². The Balaban J connectivity index is 0.00000280. The van der Waals surface area contributed by atoms with Crippen molar-refractivity contribution in [3.8, 4) is 0 Å². The van der Waals surface area contributed by atoms with Gasteiger partial charge in [-0.25, -0.2) is 8.42 Å². The maximum Gasteiger partial charge on any atom is 0.220 e. The summed E-state index contributed by atoms with van der Waals surface area (Å²) in [4.78, 5) is 6.53. The van der Waals surface area contributed by atoms with E-state index < -0.39 is 10.0 Å². The van der Waals surface area contributed by atoms with Gasteiger partial charge < -0.3 is 14.7 Å². The van der Waals surface area contributed by atoms with Crippen LogP contribution in [0.4, 0.5) is 0 Å². The van der Waals surface area contributed by atoms with E-state index in [1.54, 1.807) is 13.1 Å². The molecule has 1 aromatic rings. The number of halogens is 1. The summed E-state index contributed by atoms with van der Waals surface area (Å²) in [6, 6.07) is 1.59. The third kappa shape index (κ3) is 6.58. The molecule has 8 nitrogen and oxygen atoms in total. The summed E-state index contributed by atoms with van der Waals surface area (Å²) < 4.78 is 31.3. The molecule has 2 fully saturated rings. The summed E-state index contributed by atoms with van der Waals surface area (Å²) >= 11 is 0. The van der Waals surface area contributed by atoms with E-state index in [1.807, 2.05) is 0 Å². The molecule has 0 aromatic carbocycles. The summed E-state index contributed by atoms with van der Waals surface area (Å²) in [5.41, 5.74) is 0.442. The molecule has 1 saturated heterocycles. The second kappa shape index (κ2) is 11.3. The van der Waals surface area contributed by atoms with E-state index in [0.29, 0.717) is 31.9 Å². The fourth-order valence-electron chi connectivity index (χ4n) is 3.96. The van der Waals surface area contributed by atoms with Crippen LogP contribution >= 0.6 is 24.0 Å². The van der Waals surface area contributed by atoms with Crippen LogP contribution in [-0.2, 0) is 15.8 Å². The maximum atomic E-state index is 12.5. The fraction of sp³-hybridized carbons (Fsp3) is 0.778. The largest absolute Gasteiger partial charge is 0.364 e. The van der Waals surface area contributed by atoms with Gasteiger partial charge in [0.25, 0.3) is 0 Å². The minimum absolute atomic E-state index is 0. The second-order valence-corrected chi connectivity index (χ2v) is 9.37. The molecule has 1 N–H and O–H groups in total. The molecule has 0 unspecified atom stereocenters. The monoisotopic (exact) mass is 525 g/mol. The molecule has 0 bridgehead atoms. The van der Waals surface area contributed by atoms with Gasteiger partial charge in [0.1, 0.15) is 12.0 Å². The Morgan fingerprint density at radius 1 is 1.25 bits per heavy atom. The van der Waals surface area contributed by atoms with Crippen LogP contribution in [-0.4, -0.2) is 68.5 Å². The van der Waals surface area contributed by atoms with Crippen LogP contribution in [0.25, 0.3) is 0 Å². The van der Waals surface area contributed by atoms with Crippen molar-refractivity contribution in [2.75, 3.05) is 39.8 Å². The summed E-state index contributed by atoms with van der Waals surface area (Å²) in [6.45, 7) is 3.14. The number of hydrogen-bond acceptors (Lipinski definition) is 5. The molecular formula is C18H32IN5O3S. The summed E-state index contributed by atoms with van der Waals surface area (Å²) in [6.07, 6.45) is 9.39. The maximum absolute atomic E-state index is 12.5. The lowest BCUT2D eigenvalue weighted by molar-refractivity contribution is 0.258. The zero-order valence-electron chi connectivity index (χ0n) is 16.5. The number of hydrogen-bond donors (Lipinski definition) is 1. The average Bonchev–Trinajstić information content (AvgIpc) is 3.18. The quantitative estimate of drug-likeness (QED) is 0.348. The van der Waals surface area contributed by atoms with Crippen LogP contribution in [0.1, 0.15) is 44.2 Å². The molecule has 1 saturated carbocycles. The van der Waals surface area contributed by atoms with Gasteiger partial charge in [0.05, 0.1) is 5.69 Å². The molecule has 2 aliphatic rings. The Kier molecular flexibility index (Phi) is 9.48. The Morgan fingerprint density at radius 3 is 2.57 bits per heavy atom.